The van der Waals surface area contributed by atoms with Crippen molar-refractivity contribution < 1.29 is 22.7 Å². The quantitative estimate of drug-likeness (QED) is 0.158. The monoisotopic (exact) mass is 655 g/mol. The highest BCUT2D eigenvalue weighted by molar-refractivity contribution is 7.98. The van der Waals surface area contributed by atoms with E-state index in [0.717, 1.165) is 43.4 Å². The number of nitrogens with one attached hydrogen (secondary N) is 2. The van der Waals surface area contributed by atoms with Gasteiger partial charge in [-0.3, -0.25) is 14.2 Å². The van der Waals surface area contributed by atoms with Crippen molar-refractivity contribution in [2.75, 3.05) is 13.2 Å². The van der Waals surface area contributed by atoms with Crippen molar-refractivity contribution in [3.63, 3.8) is 0 Å². The standard InChI is InChI=1S/C28H35ClF3N7O2S.C2H6/c1-18-17-38(12-4-5-19-15-26(2,3)33-16-19)36-25(18)42-37-24(40)20-6-7-21(34-23(20)29)39-13-8-22(35-39)41-14-11-27(9-10-27)28(30,31)32;1-2/h6-8,13,17,19,33H,4-5,9-12,14-16H2,1-3H3,(H,37,40);1-2H3. The van der Waals surface area contributed by atoms with Crippen LogP contribution in [0.3, 0.4) is 0 Å². The number of aryl methyl sites for hydroxylation is 2. The molecule has 1 atom stereocenters. The summed E-state index contributed by atoms with van der Waals surface area (Å²) in [4.78, 5) is 17.1. The molecule has 0 aromatic carbocycles. The Kier molecular flexibility index (Phi) is 10.9. The van der Waals surface area contributed by atoms with Gasteiger partial charge in [-0.2, -0.15) is 18.3 Å². The fraction of sp³-hybridized carbons (Fsp3) is 0.600. The molecule has 2 fully saturated rings. The number of hydrogen-bond donors (Lipinski definition) is 2. The molecule has 1 unspecified atom stereocenters. The van der Waals surface area contributed by atoms with E-state index >= 15 is 0 Å². The first kappa shape index (κ1) is 34.1. The Balaban J connectivity index is 0.00000216. The summed E-state index contributed by atoms with van der Waals surface area (Å²) in [6.07, 6.45) is 2.86. The molecule has 44 heavy (non-hydrogen) atoms. The molecule has 2 aliphatic rings. The maximum absolute atomic E-state index is 13.1. The third-order valence-corrected chi connectivity index (χ3v) is 9.14. The Morgan fingerprint density at radius 1 is 1.23 bits per heavy atom. The number of aromatic nitrogens is 5. The van der Waals surface area contributed by atoms with E-state index in [1.54, 1.807) is 12.3 Å². The molecule has 3 aromatic rings. The Morgan fingerprint density at radius 2 is 1.98 bits per heavy atom. The molecule has 4 heterocycles. The van der Waals surface area contributed by atoms with Gasteiger partial charge < -0.3 is 10.1 Å². The van der Waals surface area contributed by atoms with Crippen molar-refractivity contribution in [2.24, 2.45) is 11.3 Å². The summed E-state index contributed by atoms with van der Waals surface area (Å²) in [5.41, 5.74) is -0.257. The predicted octanol–water partition coefficient (Wildman–Crippen LogP) is 7.17. The van der Waals surface area contributed by atoms with E-state index in [1.165, 1.54) is 23.2 Å². The highest BCUT2D eigenvalue weighted by Gasteiger charge is 2.62. The van der Waals surface area contributed by atoms with Crippen LogP contribution >= 0.6 is 23.5 Å². The minimum atomic E-state index is -4.21. The maximum Gasteiger partial charge on any atom is 0.394 e. The molecular formula is C30H41ClF3N7O2S. The summed E-state index contributed by atoms with van der Waals surface area (Å²) >= 11 is 7.45. The van der Waals surface area contributed by atoms with Crippen molar-refractivity contribution >= 4 is 29.5 Å². The zero-order valence-corrected chi connectivity index (χ0v) is 27.4. The van der Waals surface area contributed by atoms with Crippen molar-refractivity contribution in [1.29, 1.82) is 0 Å². The lowest BCUT2D eigenvalue weighted by molar-refractivity contribution is -0.190. The van der Waals surface area contributed by atoms with Crippen LogP contribution in [0.15, 0.2) is 35.6 Å². The van der Waals surface area contributed by atoms with Crippen LogP contribution in [-0.2, 0) is 6.54 Å². The number of amides is 1. The van der Waals surface area contributed by atoms with E-state index < -0.39 is 17.5 Å². The second-order valence-corrected chi connectivity index (χ2v) is 13.0. The SMILES string of the molecule is CC.Cc1cn(CCCC2CNC(C)(C)C2)nc1SNC(=O)c1ccc(-n2ccc(OCCC3(C(F)(F)F)CC3)n2)nc1Cl. The average Bonchev–Trinajstić information content (AvgIpc) is 3.29. The number of pyridine rings is 1. The van der Waals surface area contributed by atoms with Gasteiger partial charge in [-0.15, -0.1) is 5.10 Å². The van der Waals surface area contributed by atoms with Gasteiger partial charge in [-0.05, 0) is 83.9 Å². The fourth-order valence-corrected chi connectivity index (χ4v) is 6.21. The first-order valence-corrected chi connectivity index (χ1v) is 16.2. The number of carbonyl (C=O) groups excluding carboxylic acids is 1. The van der Waals surface area contributed by atoms with Gasteiger partial charge in [0.05, 0.1) is 17.6 Å². The molecule has 0 spiro atoms. The lowest BCUT2D eigenvalue weighted by Crippen LogP contribution is -2.31. The fourth-order valence-electron chi connectivity index (χ4n) is 5.31. The lowest BCUT2D eigenvalue weighted by atomic mass is 9.94. The van der Waals surface area contributed by atoms with Crippen LogP contribution in [0.1, 0.15) is 82.1 Å². The van der Waals surface area contributed by atoms with Crippen molar-refractivity contribution in [3.8, 4) is 11.7 Å². The molecule has 1 aliphatic heterocycles. The Hall–Kier alpha value is -2.77. The minimum Gasteiger partial charge on any atom is -0.477 e. The highest BCUT2D eigenvalue weighted by atomic mass is 35.5. The van der Waals surface area contributed by atoms with Crippen LogP contribution in [0.25, 0.3) is 5.82 Å². The van der Waals surface area contributed by atoms with Crippen molar-refractivity contribution in [1.82, 2.24) is 34.6 Å². The molecule has 1 aliphatic carbocycles. The first-order valence-electron chi connectivity index (χ1n) is 15.0. The molecule has 5 rings (SSSR count). The van der Waals surface area contributed by atoms with Crippen molar-refractivity contribution in [2.45, 2.75) is 96.4 Å². The summed E-state index contributed by atoms with van der Waals surface area (Å²) in [7, 11) is 0. The molecule has 0 bridgehead atoms. The zero-order valence-electron chi connectivity index (χ0n) is 25.8. The van der Waals surface area contributed by atoms with E-state index in [-0.39, 0.29) is 48.0 Å². The third-order valence-electron chi connectivity index (χ3n) is 7.97. The highest BCUT2D eigenvalue weighted by Crippen LogP contribution is 2.59. The smallest absolute Gasteiger partial charge is 0.394 e. The second-order valence-electron chi connectivity index (χ2n) is 11.9. The lowest BCUT2D eigenvalue weighted by Gasteiger charge is -2.18. The minimum absolute atomic E-state index is 0.0174. The number of nitrogens with zero attached hydrogens (tertiary/aromatic N) is 5. The molecule has 0 radical (unpaired) electrons. The molecule has 3 aromatic heterocycles. The van der Waals surface area contributed by atoms with Crippen LogP contribution < -0.4 is 14.8 Å². The molecule has 9 nitrogen and oxygen atoms in total. The summed E-state index contributed by atoms with van der Waals surface area (Å²) in [6, 6.07) is 4.65. The Bertz CT molecular complexity index is 1420. The first-order chi connectivity index (χ1) is 20.8. The van der Waals surface area contributed by atoms with Crippen LogP contribution in [0.2, 0.25) is 5.15 Å². The largest absolute Gasteiger partial charge is 0.477 e. The van der Waals surface area contributed by atoms with Crippen LogP contribution in [-0.4, -0.2) is 55.3 Å². The molecule has 14 heteroatoms. The van der Waals surface area contributed by atoms with Gasteiger partial charge >= 0.3 is 6.18 Å². The van der Waals surface area contributed by atoms with Gasteiger partial charge in [-0.1, -0.05) is 25.4 Å². The summed E-state index contributed by atoms with van der Waals surface area (Å²) < 4.78 is 50.8. The maximum atomic E-state index is 13.1. The predicted molar refractivity (Wildman–Crippen MR) is 165 cm³/mol. The summed E-state index contributed by atoms with van der Waals surface area (Å²) in [5.74, 6) is 0.778. The van der Waals surface area contributed by atoms with Gasteiger partial charge in [0.1, 0.15) is 10.2 Å². The molecule has 2 N–H and O–H groups in total. The average molecular weight is 656 g/mol. The molecule has 1 saturated heterocycles. The number of carbonyl (C=O) groups is 1. The molecule has 242 valence electrons. The van der Waals surface area contributed by atoms with Crippen molar-refractivity contribution in [3.05, 3.63) is 46.9 Å². The number of hydrogen-bond acceptors (Lipinski definition) is 7. The second kappa shape index (κ2) is 14.1. The zero-order chi connectivity index (χ0) is 32.1. The molecular weight excluding hydrogens is 615 g/mol. The van der Waals surface area contributed by atoms with Gasteiger partial charge in [-0.25, -0.2) is 9.67 Å². The van der Waals surface area contributed by atoms with Gasteiger partial charge in [0.2, 0.25) is 5.88 Å². The normalized spacial score (nSPS) is 18.4. The van der Waals surface area contributed by atoms with Gasteiger partial charge in [0.15, 0.2) is 5.82 Å². The molecule has 1 amide bonds. The summed E-state index contributed by atoms with van der Waals surface area (Å²) in [5, 5.41) is 13.1. The molecule has 1 saturated carbocycles. The number of ether oxygens (including phenoxy) is 1. The van der Waals surface area contributed by atoms with E-state index in [9.17, 15) is 18.0 Å². The van der Waals surface area contributed by atoms with E-state index in [2.05, 4.69) is 39.1 Å². The number of halogens is 4. The number of alkyl halides is 3. The van der Waals surface area contributed by atoms with Gasteiger partial charge in [0.25, 0.3) is 5.91 Å². The van der Waals surface area contributed by atoms with E-state index in [1.807, 2.05) is 31.6 Å². The number of rotatable bonds is 12. The van der Waals surface area contributed by atoms with Crippen LogP contribution in [0, 0.1) is 18.3 Å². The summed E-state index contributed by atoms with van der Waals surface area (Å²) in [6.45, 7) is 12.2. The van der Waals surface area contributed by atoms with Gasteiger partial charge in [0, 0.05) is 48.1 Å². The Morgan fingerprint density at radius 3 is 2.61 bits per heavy atom. The Labute approximate surface area is 265 Å². The third kappa shape index (κ3) is 8.48. The topological polar surface area (TPSA) is 98.9 Å². The van der Waals surface area contributed by atoms with Crippen LogP contribution in [0.4, 0.5) is 13.2 Å². The van der Waals surface area contributed by atoms with Crippen LogP contribution in [0.5, 0.6) is 5.88 Å². The van der Waals surface area contributed by atoms with E-state index in [4.69, 9.17) is 16.3 Å². The van der Waals surface area contributed by atoms with E-state index in [0.29, 0.717) is 16.8 Å².